The number of benzene rings is 1. The lowest BCUT2D eigenvalue weighted by Crippen LogP contribution is -2.20. The highest BCUT2D eigenvalue weighted by Gasteiger charge is 2.12. The summed E-state index contributed by atoms with van der Waals surface area (Å²) >= 11 is 3.42. The molecule has 3 N–H and O–H groups in total. The molecule has 2 rings (SSSR count). The summed E-state index contributed by atoms with van der Waals surface area (Å²) in [5.74, 6) is 1.31. The van der Waals surface area contributed by atoms with Crippen molar-refractivity contribution >= 4 is 34.2 Å². The zero-order valence-electron chi connectivity index (χ0n) is 12.5. The monoisotopic (exact) mass is 404 g/mol. The Morgan fingerprint density at radius 2 is 2.17 bits per heavy atom. The van der Waals surface area contributed by atoms with Gasteiger partial charge in [0.05, 0.1) is 24.4 Å². The van der Waals surface area contributed by atoms with E-state index in [2.05, 4.69) is 21.2 Å². The lowest BCUT2D eigenvalue weighted by molar-refractivity contribution is -0.119. The minimum absolute atomic E-state index is 0. The molecule has 23 heavy (non-hydrogen) atoms. The van der Waals surface area contributed by atoms with Gasteiger partial charge in [0.15, 0.2) is 18.1 Å². The van der Waals surface area contributed by atoms with Gasteiger partial charge in [0, 0.05) is 6.54 Å². The van der Waals surface area contributed by atoms with Crippen LogP contribution in [0.1, 0.15) is 11.3 Å². The van der Waals surface area contributed by atoms with E-state index in [1.807, 2.05) is 24.3 Å². The van der Waals surface area contributed by atoms with Gasteiger partial charge < -0.3 is 24.9 Å². The normalized spacial score (nSPS) is 10.0. The van der Waals surface area contributed by atoms with Crippen molar-refractivity contribution < 1.29 is 18.7 Å². The van der Waals surface area contributed by atoms with Crippen molar-refractivity contribution in [3.05, 3.63) is 46.3 Å². The zero-order valence-corrected chi connectivity index (χ0v) is 14.9. The van der Waals surface area contributed by atoms with Crippen LogP contribution in [0.4, 0.5) is 0 Å². The number of carbonyl (C=O) groups is 1. The number of methoxy groups -OCH3 is 1. The Hall–Kier alpha value is -1.70. The molecule has 0 saturated heterocycles. The topological polar surface area (TPSA) is 86.7 Å². The van der Waals surface area contributed by atoms with Crippen molar-refractivity contribution in [3.63, 3.8) is 0 Å². The second-order valence-electron chi connectivity index (χ2n) is 4.55. The Balaban J connectivity index is 0.00000264. The van der Waals surface area contributed by atoms with Gasteiger partial charge in [-0.2, -0.15) is 0 Å². The Morgan fingerprint density at radius 3 is 2.78 bits per heavy atom. The van der Waals surface area contributed by atoms with E-state index < -0.39 is 5.91 Å². The lowest BCUT2D eigenvalue weighted by atomic mass is 10.2. The van der Waals surface area contributed by atoms with Gasteiger partial charge in [-0.3, -0.25) is 4.79 Å². The van der Waals surface area contributed by atoms with Crippen molar-refractivity contribution in [3.8, 4) is 11.5 Å². The van der Waals surface area contributed by atoms with Gasteiger partial charge in [0.2, 0.25) is 0 Å². The molecule has 0 radical (unpaired) electrons. The molecule has 0 unspecified atom stereocenters. The number of carbonyl (C=O) groups excluding carboxylic acids is 1. The molecule has 126 valence electrons. The van der Waals surface area contributed by atoms with Gasteiger partial charge in [-0.15, -0.1) is 12.4 Å². The van der Waals surface area contributed by atoms with Crippen LogP contribution >= 0.6 is 28.3 Å². The number of hydrogen-bond acceptors (Lipinski definition) is 5. The summed E-state index contributed by atoms with van der Waals surface area (Å²) in [4.78, 5) is 10.8. The maximum Gasteiger partial charge on any atom is 0.255 e. The molecule has 8 heteroatoms. The van der Waals surface area contributed by atoms with Crippen molar-refractivity contribution in [2.45, 2.75) is 13.1 Å². The third kappa shape index (κ3) is 5.78. The van der Waals surface area contributed by atoms with Gasteiger partial charge in [-0.25, -0.2) is 0 Å². The molecule has 6 nitrogen and oxygen atoms in total. The van der Waals surface area contributed by atoms with Crippen molar-refractivity contribution in [2.24, 2.45) is 5.73 Å². The largest absolute Gasteiger partial charge is 0.493 e. The number of nitrogens with one attached hydrogen (secondary N) is 1. The average Bonchev–Trinajstić information content (AvgIpc) is 2.98. The van der Waals surface area contributed by atoms with Crippen LogP contribution in [0.25, 0.3) is 0 Å². The number of primary amides is 1. The van der Waals surface area contributed by atoms with Crippen LogP contribution in [0.2, 0.25) is 0 Å². The van der Waals surface area contributed by atoms with Crippen LogP contribution < -0.4 is 20.5 Å². The molecule has 0 aliphatic rings. The second kappa shape index (κ2) is 9.44. The van der Waals surface area contributed by atoms with E-state index in [1.165, 1.54) is 0 Å². The van der Waals surface area contributed by atoms with Crippen molar-refractivity contribution in [1.82, 2.24) is 5.32 Å². The lowest BCUT2D eigenvalue weighted by Gasteiger charge is -2.13. The number of hydrogen-bond donors (Lipinski definition) is 2. The first-order valence-corrected chi connectivity index (χ1v) is 7.40. The maximum atomic E-state index is 10.8. The third-order valence-corrected chi connectivity index (χ3v) is 3.45. The van der Waals surface area contributed by atoms with E-state index in [0.29, 0.717) is 29.1 Å². The van der Waals surface area contributed by atoms with Crippen LogP contribution in [0.15, 0.2) is 39.4 Å². The first-order chi connectivity index (χ1) is 10.6. The molecular formula is C15H18BrClN2O4. The molecule has 0 atom stereocenters. The third-order valence-electron chi connectivity index (χ3n) is 2.86. The number of ether oxygens (including phenoxy) is 2. The first-order valence-electron chi connectivity index (χ1n) is 6.60. The highest BCUT2D eigenvalue weighted by atomic mass is 79.9. The van der Waals surface area contributed by atoms with Crippen LogP contribution in [0.3, 0.4) is 0 Å². The Morgan fingerprint density at radius 1 is 1.39 bits per heavy atom. The second-order valence-corrected chi connectivity index (χ2v) is 5.40. The number of nitrogens with two attached hydrogens (primary N) is 1. The summed E-state index contributed by atoms with van der Waals surface area (Å²) < 4.78 is 16.6. The van der Waals surface area contributed by atoms with Gasteiger partial charge in [0.25, 0.3) is 5.91 Å². The predicted molar refractivity (Wildman–Crippen MR) is 91.9 cm³/mol. The summed E-state index contributed by atoms with van der Waals surface area (Å²) in [6.07, 6.45) is 1.64. The summed E-state index contributed by atoms with van der Waals surface area (Å²) in [6, 6.07) is 7.50. The molecule has 2 aromatic rings. The van der Waals surface area contributed by atoms with Gasteiger partial charge in [-0.1, -0.05) is 0 Å². The molecule has 1 heterocycles. The van der Waals surface area contributed by atoms with Crippen LogP contribution in [0.5, 0.6) is 11.5 Å². The molecule has 1 aromatic carbocycles. The van der Waals surface area contributed by atoms with Gasteiger partial charge >= 0.3 is 0 Å². The van der Waals surface area contributed by atoms with Crippen LogP contribution in [0, 0.1) is 0 Å². The van der Waals surface area contributed by atoms with E-state index in [4.69, 9.17) is 19.6 Å². The van der Waals surface area contributed by atoms with Crippen molar-refractivity contribution in [2.75, 3.05) is 13.7 Å². The first kappa shape index (κ1) is 19.3. The highest BCUT2D eigenvalue weighted by molar-refractivity contribution is 9.10. The van der Waals surface area contributed by atoms with Gasteiger partial charge in [0.1, 0.15) is 5.76 Å². The summed E-state index contributed by atoms with van der Waals surface area (Å²) in [5.41, 5.74) is 6.09. The minimum atomic E-state index is -0.543. The molecule has 0 aliphatic carbocycles. The molecule has 1 amide bonds. The molecular weight excluding hydrogens is 388 g/mol. The maximum absolute atomic E-state index is 10.8. The van der Waals surface area contributed by atoms with Crippen LogP contribution in [-0.2, 0) is 17.9 Å². The standard InChI is InChI=1S/C15H17BrN2O4.ClH/c1-20-13-6-10(7-18-8-11-3-2-4-21-11)5-12(16)15(13)22-9-14(17)19;/h2-6,18H,7-9H2,1H3,(H2,17,19);1H. The number of halogens is 2. The fourth-order valence-corrected chi connectivity index (χ4v) is 2.51. The van der Waals surface area contributed by atoms with E-state index in [1.54, 1.807) is 13.4 Å². The summed E-state index contributed by atoms with van der Waals surface area (Å²) in [6.45, 7) is 1.06. The molecule has 0 bridgehead atoms. The van der Waals surface area contributed by atoms with Crippen LogP contribution in [-0.4, -0.2) is 19.6 Å². The molecule has 0 aliphatic heterocycles. The highest BCUT2D eigenvalue weighted by Crippen LogP contribution is 2.36. The minimum Gasteiger partial charge on any atom is -0.493 e. The smallest absolute Gasteiger partial charge is 0.255 e. The fourth-order valence-electron chi connectivity index (χ4n) is 1.90. The number of rotatable bonds is 8. The average molecular weight is 406 g/mol. The zero-order chi connectivity index (χ0) is 15.9. The predicted octanol–water partition coefficient (Wildman–Crippen LogP) is 2.63. The van der Waals surface area contributed by atoms with E-state index in [0.717, 1.165) is 11.3 Å². The Bertz CT molecular complexity index is 635. The SMILES string of the molecule is COc1cc(CNCc2ccco2)cc(Br)c1OCC(N)=O.Cl. The number of furan rings is 1. The Kier molecular flexibility index (Phi) is 7.94. The number of amides is 1. The quantitative estimate of drug-likeness (QED) is 0.705. The van der Waals surface area contributed by atoms with E-state index in [9.17, 15) is 4.79 Å². The summed E-state index contributed by atoms with van der Waals surface area (Å²) in [7, 11) is 1.54. The molecule has 0 fully saturated rings. The molecule has 1 aromatic heterocycles. The molecule has 0 saturated carbocycles. The van der Waals surface area contributed by atoms with E-state index in [-0.39, 0.29) is 19.0 Å². The van der Waals surface area contributed by atoms with Gasteiger partial charge in [-0.05, 0) is 45.8 Å². The summed E-state index contributed by atoms with van der Waals surface area (Å²) in [5, 5.41) is 3.27. The molecule has 0 spiro atoms. The fraction of sp³-hybridized carbons (Fsp3) is 0.267. The Labute approximate surface area is 148 Å². The van der Waals surface area contributed by atoms with Crippen molar-refractivity contribution in [1.29, 1.82) is 0 Å². The van der Waals surface area contributed by atoms with E-state index >= 15 is 0 Å².